The van der Waals surface area contributed by atoms with Crippen LogP contribution in [0.5, 0.6) is 0 Å². The van der Waals surface area contributed by atoms with Crippen molar-refractivity contribution in [1.29, 1.82) is 0 Å². The van der Waals surface area contributed by atoms with Gasteiger partial charge in [-0.1, -0.05) is 26.7 Å². The summed E-state index contributed by atoms with van der Waals surface area (Å²) in [6.07, 6.45) is 5.86. The monoisotopic (exact) mass is 238 g/mol. The molecule has 0 aromatic rings. The van der Waals surface area contributed by atoms with Gasteiger partial charge < -0.3 is 10.6 Å². The van der Waals surface area contributed by atoms with Crippen molar-refractivity contribution in [1.82, 2.24) is 4.90 Å². The number of nitrogens with zero attached hydrogens (tertiary/aromatic N) is 1. The van der Waals surface area contributed by atoms with Crippen molar-refractivity contribution in [3.05, 3.63) is 0 Å². The first kappa shape index (κ1) is 12.9. The Morgan fingerprint density at radius 2 is 2.12 bits per heavy atom. The van der Waals surface area contributed by atoms with Gasteiger partial charge in [0.15, 0.2) is 0 Å². The van der Waals surface area contributed by atoms with E-state index in [4.69, 9.17) is 5.73 Å². The maximum atomic E-state index is 12.6. The molecule has 17 heavy (non-hydrogen) atoms. The summed E-state index contributed by atoms with van der Waals surface area (Å²) in [5.74, 6) is 1.17. The molecule has 1 amide bonds. The molecule has 0 radical (unpaired) electrons. The molecule has 2 N–H and O–H groups in total. The van der Waals surface area contributed by atoms with Crippen LogP contribution in [0.25, 0.3) is 0 Å². The minimum atomic E-state index is 0.191. The molecule has 1 heterocycles. The summed E-state index contributed by atoms with van der Waals surface area (Å²) >= 11 is 0. The van der Waals surface area contributed by atoms with E-state index >= 15 is 0 Å². The van der Waals surface area contributed by atoms with Crippen LogP contribution in [0.1, 0.15) is 46.0 Å². The van der Waals surface area contributed by atoms with Gasteiger partial charge in [-0.3, -0.25) is 4.79 Å². The van der Waals surface area contributed by atoms with E-state index < -0.39 is 0 Å². The van der Waals surface area contributed by atoms with Crippen LogP contribution in [0.15, 0.2) is 0 Å². The second kappa shape index (κ2) is 4.97. The van der Waals surface area contributed by atoms with Gasteiger partial charge in [-0.15, -0.1) is 0 Å². The van der Waals surface area contributed by atoms with Crippen molar-refractivity contribution in [2.45, 2.75) is 46.0 Å². The van der Waals surface area contributed by atoms with E-state index in [1.165, 1.54) is 19.3 Å². The molecule has 0 aromatic carbocycles. The van der Waals surface area contributed by atoms with Crippen LogP contribution in [0.3, 0.4) is 0 Å². The van der Waals surface area contributed by atoms with Gasteiger partial charge in [0.25, 0.3) is 0 Å². The van der Waals surface area contributed by atoms with Crippen molar-refractivity contribution < 1.29 is 4.79 Å². The Bertz CT molecular complexity index is 288. The Hall–Kier alpha value is -0.570. The summed E-state index contributed by atoms with van der Waals surface area (Å²) in [5, 5.41) is 0. The quantitative estimate of drug-likeness (QED) is 0.800. The van der Waals surface area contributed by atoms with E-state index in [-0.39, 0.29) is 11.3 Å². The van der Waals surface area contributed by atoms with Gasteiger partial charge in [-0.05, 0) is 37.1 Å². The molecule has 1 aliphatic carbocycles. The third kappa shape index (κ3) is 2.65. The van der Waals surface area contributed by atoms with Crippen molar-refractivity contribution >= 4 is 5.91 Å². The van der Waals surface area contributed by atoms with Gasteiger partial charge in [-0.25, -0.2) is 0 Å². The first-order valence-electron chi connectivity index (χ1n) is 7.03. The summed E-state index contributed by atoms with van der Waals surface area (Å²) in [6, 6.07) is 0. The molecule has 2 fully saturated rings. The largest absolute Gasteiger partial charge is 0.342 e. The highest BCUT2D eigenvalue weighted by atomic mass is 16.2. The van der Waals surface area contributed by atoms with E-state index in [0.717, 1.165) is 32.5 Å². The Labute approximate surface area is 105 Å². The molecule has 1 aliphatic heterocycles. The van der Waals surface area contributed by atoms with Crippen molar-refractivity contribution in [3.8, 4) is 0 Å². The molecular weight excluding hydrogens is 212 g/mol. The molecule has 0 aromatic heterocycles. The molecule has 98 valence electrons. The third-order valence-corrected chi connectivity index (χ3v) is 4.74. The summed E-state index contributed by atoms with van der Waals surface area (Å²) in [7, 11) is 0. The summed E-state index contributed by atoms with van der Waals surface area (Å²) < 4.78 is 0. The zero-order valence-corrected chi connectivity index (χ0v) is 11.2. The number of hydrogen-bond acceptors (Lipinski definition) is 2. The van der Waals surface area contributed by atoms with E-state index in [1.54, 1.807) is 0 Å². The number of hydrogen-bond donors (Lipinski definition) is 1. The third-order valence-electron chi connectivity index (χ3n) is 4.74. The van der Waals surface area contributed by atoms with Gasteiger partial charge in [0, 0.05) is 19.0 Å². The molecule has 2 rings (SSSR count). The van der Waals surface area contributed by atoms with Crippen molar-refractivity contribution in [3.63, 3.8) is 0 Å². The Kier molecular flexibility index (Phi) is 3.76. The highest BCUT2D eigenvalue weighted by molar-refractivity contribution is 5.80. The highest BCUT2D eigenvalue weighted by Crippen LogP contribution is 2.41. The van der Waals surface area contributed by atoms with E-state index in [9.17, 15) is 4.79 Å². The van der Waals surface area contributed by atoms with Gasteiger partial charge in [0.2, 0.25) is 5.91 Å². The number of carbonyl (C=O) groups excluding carboxylic acids is 1. The predicted octanol–water partition coefficient (Wildman–Crippen LogP) is 2.01. The maximum Gasteiger partial charge on any atom is 0.226 e. The topological polar surface area (TPSA) is 46.3 Å². The zero-order valence-electron chi connectivity index (χ0n) is 11.2. The van der Waals surface area contributed by atoms with Crippen LogP contribution >= 0.6 is 0 Å². The number of nitrogens with two attached hydrogens (primary N) is 1. The number of rotatable bonds is 2. The minimum absolute atomic E-state index is 0.191. The molecule has 0 spiro atoms. The van der Waals surface area contributed by atoms with Gasteiger partial charge in [0.1, 0.15) is 0 Å². The standard InChI is InChI=1S/C14H26N2O/c1-14(2)7-4-3-5-12(14)13(17)16-8-6-11(9-15)10-16/h11-12H,3-10,15H2,1-2H3. The molecule has 1 saturated heterocycles. The van der Waals surface area contributed by atoms with Crippen LogP contribution in [0.2, 0.25) is 0 Å². The minimum Gasteiger partial charge on any atom is -0.342 e. The second-order valence-corrected chi connectivity index (χ2v) is 6.46. The van der Waals surface area contributed by atoms with Crippen molar-refractivity contribution in [2.75, 3.05) is 19.6 Å². The zero-order chi connectivity index (χ0) is 12.5. The molecule has 3 nitrogen and oxygen atoms in total. The van der Waals surface area contributed by atoms with Gasteiger partial charge in [0.05, 0.1) is 0 Å². The fourth-order valence-corrected chi connectivity index (χ4v) is 3.40. The first-order chi connectivity index (χ1) is 8.04. The molecular formula is C14H26N2O. The lowest BCUT2D eigenvalue weighted by Crippen LogP contribution is -2.43. The van der Waals surface area contributed by atoms with Crippen LogP contribution in [-0.2, 0) is 4.79 Å². The summed E-state index contributed by atoms with van der Waals surface area (Å²) in [6.45, 7) is 7.05. The maximum absolute atomic E-state index is 12.6. The highest BCUT2D eigenvalue weighted by Gasteiger charge is 2.40. The second-order valence-electron chi connectivity index (χ2n) is 6.46. The lowest BCUT2D eigenvalue weighted by Gasteiger charge is -2.39. The van der Waals surface area contributed by atoms with Crippen LogP contribution < -0.4 is 5.73 Å². The van der Waals surface area contributed by atoms with Crippen LogP contribution in [0, 0.1) is 17.3 Å². The molecule has 2 aliphatic rings. The Morgan fingerprint density at radius 1 is 1.35 bits per heavy atom. The average molecular weight is 238 g/mol. The Balaban J connectivity index is 1.99. The SMILES string of the molecule is CC1(C)CCCCC1C(=O)N1CCC(CN)C1. The lowest BCUT2D eigenvalue weighted by atomic mass is 9.68. The van der Waals surface area contributed by atoms with Gasteiger partial charge in [-0.2, -0.15) is 0 Å². The van der Waals surface area contributed by atoms with Crippen LogP contribution in [0.4, 0.5) is 0 Å². The van der Waals surface area contributed by atoms with E-state index in [1.807, 2.05) is 0 Å². The number of amides is 1. The van der Waals surface area contributed by atoms with E-state index in [2.05, 4.69) is 18.7 Å². The molecule has 1 saturated carbocycles. The lowest BCUT2D eigenvalue weighted by molar-refractivity contribution is -0.140. The first-order valence-corrected chi connectivity index (χ1v) is 7.03. The average Bonchev–Trinajstić information content (AvgIpc) is 2.76. The number of carbonyl (C=O) groups is 1. The predicted molar refractivity (Wildman–Crippen MR) is 69.5 cm³/mol. The smallest absolute Gasteiger partial charge is 0.226 e. The summed E-state index contributed by atoms with van der Waals surface area (Å²) in [5.41, 5.74) is 5.88. The molecule has 2 atom stereocenters. The fraction of sp³-hybridized carbons (Fsp3) is 0.929. The fourth-order valence-electron chi connectivity index (χ4n) is 3.40. The molecule has 0 bridgehead atoms. The summed E-state index contributed by atoms with van der Waals surface area (Å²) in [4.78, 5) is 14.6. The van der Waals surface area contributed by atoms with Crippen molar-refractivity contribution in [2.24, 2.45) is 23.0 Å². The molecule has 3 heteroatoms. The number of likely N-dealkylation sites (tertiary alicyclic amines) is 1. The van der Waals surface area contributed by atoms with E-state index in [0.29, 0.717) is 11.8 Å². The Morgan fingerprint density at radius 3 is 2.71 bits per heavy atom. The molecule has 2 unspecified atom stereocenters. The van der Waals surface area contributed by atoms with Crippen LogP contribution in [-0.4, -0.2) is 30.4 Å². The van der Waals surface area contributed by atoms with Gasteiger partial charge >= 0.3 is 0 Å². The normalized spacial score (nSPS) is 32.8.